The Kier molecular flexibility index (Phi) is 4.06. The molecule has 0 radical (unpaired) electrons. The molecule has 2 rings (SSSR count). The molecule has 0 saturated carbocycles. The van der Waals surface area contributed by atoms with Gasteiger partial charge >= 0.3 is 18.1 Å². The molecule has 124 valence electrons. The molecule has 0 unspecified atom stereocenters. The number of benzene rings is 1. The number of hydrogen-bond donors (Lipinski definition) is 1. The summed E-state index contributed by atoms with van der Waals surface area (Å²) in [6.07, 6.45) is -4.20. The summed E-state index contributed by atoms with van der Waals surface area (Å²) in [6.45, 7) is 2.62. The lowest BCUT2D eigenvalue weighted by molar-refractivity contribution is -0.222. The van der Waals surface area contributed by atoms with Crippen LogP contribution < -0.4 is 5.32 Å². The minimum atomic E-state index is -4.82. The van der Waals surface area contributed by atoms with E-state index in [0.717, 1.165) is 12.1 Å². The van der Waals surface area contributed by atoms with E-state index in [-0.39, 0.29) is 0 Å². The normalized spacial score (nSPS) is 17.4. The second-order valence-corrected chi connectivity index (χ2v) is 5.04. The van der Waals surface area contributed by atoms with Crippen molar-refractivity contribution in [3.63, 3.8) is 0 Å². The Labute approximate surface area is 127 Å². The first-order chi connectivity index (χ1) is 10.5. The molecule has 1 N–H and O–H groups in total. The molecule has 1 aromatic rings. The number of alkyl halides is 3. The molecule has 0 amide bonds. The molecular weight excluding hydrogens is 322 g/mol. The maximum atomic E-state index is 13.6. The van der Waals surface area contributed by atoms with Gasteiger partial charge < -0.3 is 14.8 Å². The molecule has 1 aliphatic rings. The average Bonchev–Trinajstić information content (AvgIpc) is 2.36. The maximum Gasteiger partial charge on any atom is 0.418 e. The number of esters is 2. The predicted molar refractivity (Wildman–Crippen MR) is 69.4 cm³/mol. The van der Waals surface area contributed by atoms with Crippen LogP contribution in [0.3, 0.4) is 0 Å². The predicted octanol–water partition coefficient (Wildman–Crippen LogP) is 2.98. The van der Waals surface area contributed by atoms with Gasteiger partial charge in [0.25, 0.3) is 5.79 Å². The lowest BCUT2D eigenvalue weighted by Gasteiger charge is -2.29. The Morgan fingerprint density at radius 3 is 2.22 bits per heavy atom. The molecule has 5 nitrogen and oxygen atoms in total. The molecule has 1 fully saturated rings. The van der Waals surface area contributed by atoms with Gasteiger partial charge in [-0.2, -0.15) is 13.2 Å². The SMILES string of the molecule is CC1(C)OC(=O)C(=CNc2c(F)cccc2C(F)(F)F)C(=O)O1. The van der Waals surface area contributed by atoms with Gasteiger partial charge in [-0.05, 0) is 12.1 Å². The van der Waals surface area contributed by atoms with Gasteiger partial charge in [-0.25, -0.2) is 14.0 Å². The Morgan fingerprint density at radius 1 is 1.13 bits per heavy atom. The third kappa shape index (κ3) is 3.61. The first kappa shape index (κ1) is 16.8. The number of halogens is 4. The number of anilines is 1. The summed E-state index contributed by atoms with van der Waals surface area (Å²) in [6, 6.07) is 2.35. The van der Waals surface area contributed by atoms with Gasteiger partial charge in [-0.1, -0.05) is 6.07 Å². The second kappa shape index (κ2) is 5.56. The zero-order chi connectivity index (χ0) is 17.4. The molecule has 0 bridgehead atoms. The highest BCUT2D eigenvalue weighted by Crippen LogP contribution is 2.36. The number of carbonyl (C=O) groups excluding carboxylic acids is 2. The second-order valence-electron chi connectivity index (χ2n) is 5.04. The van der Waals surface area contributed by atoms with Crippen LogP contribution in [0.25, 0.3) is 0 Å². The van der Waals surface area contributed by atoms with Crippen LogP contribution in [0.15, 0.2) is 30.0 Å². The van der Waals surface area contributed by atoms with Crippen LogP contribution in [-0.4, -0.2) is 17.7 Å². The van der Waals surface area contributed by atoms with Gasteiger partial charge in [0.2, 0.25) is 0 Å². The Bertz CT molecular complexity index is 673. The van der Waals surface area contributed by atoms with E-state index in [1.54, 1.807) is 0 Å². The fourth-order valence-corrected chi connectivity index (χ4v) is 1.83. The number of rotatable bonds is 2. The number of nitrogens with one attached hydrogen (secondary N) is 1. The van der Waals surface area contributed by atoms with Crippen molar-refractivity contribution in [1.29, 1.82) is 0 Å². The van der Waals surface area contributed by atoms with E-state index in [1.165, 1.54) is 13.8 Å². The van der Waals surface area contributed by atoms with Crippen molar-refractivity contribution >= 4 is 17.6 Å². The summed E-state index contributed by atoms with van der Waals surface area (Å²) in [5.41, 5.74) is -2.88. The Balaban J connectivity index is 2.34. The summed E-state index contributed by atoms with van der Waals surface area (Å²) in [7, 11) is 0. The number of cyclic esters (lactones) is 2. The molecular formula is C14H11F4NO4. The van der Waals surface area contributed by atoms with Crippen molar-refractivity contribution in [2.24, 2.45) is 0 Å². The molecule has 0 aromatic heterocycles. The molecule has 1 aromatic carbocycles. The highest BCUT2D eigenvalue weighted by molar-refractivity contribution is 6.15. The van der Waals surface area contributed by atoms with E-state index in [0.29, 0.717) is 12.3 Å². The van der Waals surface area contributed by atoms with Crippen molar-refractivity contribution < 1.29 is 36.6 Å². The molecule has 1 saturated heterocycles. The lowest BCUT2D eigenvalue weighted by Crippen LogP contribution is -2.42. The monoisotopic (exact) mass is 333 g/mol. The van der Waals surface area contributed by atoms with E-state index in [4.69, 9.17) is 9.47 Å². The zero-order valence-corrected chi connectivity index (χ0v) is 12.0. The maximum absolute atomic E-state index is 13.6. The van der Waals surface area contributed by atoms with Crippen molar-refractivity contribution in [2.75, 3.05) is 5.32 Å². The molecule has 0 spiro atoms. The van der Waals surface area contributed by atoms with Crippen molar-refractivity contribution in [3.8, 4) is 0 Å². The summed E-state index contributed by atoms with van der Waals surface area (Å²) >= 11 is 0. The molecule has 1 aliphatic heterocycles. The lowest BCUT2D eigenvalue weighted by atomic mass is 10.1. The van der Waals surface area contributed by atoms with Gasteiger partial charge in [-0.15, -0.1) is 0 Å². The summed E-state index contributed by atoms with van der Waals surface area (Å²) in [5.74, 6) is -4.87. The quantitative estimate of drug-likeness (QED) is 0.390. The van der Waals surface area contributed by atoms with Crippen molar-refractivity contribution in [1.82, 2.24) is 0 Å². The van der Waals surface area contributed by atoms with Crippen molar-refractivity contribution in [2.45, 2.75) is 25.8 Å². The van der Waals surface area contributed by atoms with Crippen molar-refractivity contribution in [3.05, 3.63) is 41.4 Å². The minimum Gasteiger partial charge on any atom is -0.419 e. The summed E-state index contributed by atoms with van der Waals surface area (Å²) in [4.78, 5) is 23.3. The number of ether oxygens (including phenoxy) is 2. The van der Waals surface area contributed by atoms with E-state index >= 15 is 0 Å². The van der Waals surface area contributed by atoms with Crippen LogP contribution in [-0.2, 0) is 25.2 Å². The standard InChI is InChI=1S/C14H11F4NO4/c1-13(2)22-11(20)7(12(21)23-13)6-19-10-8(14(16,17)18)4-3-5-9(10)15/h3-6,19H,1-2H3. The fourth-order valence-electron chi connectivity index (χ4n) is 1.83. The molecule has 9 heteroatoms. The molecule has 23 heavy (non-hydrogen) atoms. The first-order valence-electron chi connectivity index (χ1n) is 6.30. The van der Waals surface area contributed by atoms with Gasteiger partial charge in [0.1, 0.15) is 5.82 Å². The number of carbonyl (C=O) groups is 2. The van der Waals surface area contributed by atoms with Crippen LogP contribution in [0.5, 0.6) is 0 Å². The highest BCUT2D eigenvalue weighted by atomic mass is 19.4. The molecule has 1 heterocycles. The van der Waals surface area contributed by atoms with Crippen LogP contribution in [0.4, 0.5) is 23.2 Å². The third-order valence-electron chi connectivity index (χ3n) is 2.80. The third-order valence-corrected chi connectivity index (χ3v) is 2.80. The van der Waals surface area contributed by atoms with Crippen LogP contribution in [0, 0.1) is 5.82 Å². The average molecular weight is 333 g/mol. The summed E-state index contributed by atoms with van der Waals surface area (Å²) in [5, 5.41) is 1.99. The zero-order valence-electron chi connectivity index (χ0n) is 12.0. The summed E-state index contributed by atoms with van der Waals surface area (Å²) < 4.78 is 61.7. The topological polar surface area (TPSA) is 64.6 Å². The van der Waals surface area contributed by atoms with Crippen LogP contribution >= 0.6 is 0 Å². The van der Waals surface area contributed by atoms with Crippen LogP contribution in [0.2, 0.25) is 0 Å². The van der Waals surface area contributed by atoms with Gasteiger partial charge in [-0.3, -0.25) is 0 Å². The largest absolute Gasteiger partial charge is 0.419 e. The molecule has 0 atom stereocenters. The van der Waals surface area contributed by atoms with E-state index < -0.39 is 46.5 Å². The Hall–Kier alpha value is -2.58. The molecule has 0 aliphatic carbocycles. The van der Waals surface area contributed by atoms with E-state index in [9.17, 15) is 27.2 Å². The first-order valence-corrected chi connectivity index (χ1v) is 6.30. The van der Waals surface area contributed by atoms with Gasteiger partial charge in [0.05, 0.1) is 11.3 Å². The van der Waals surface area contributed by atoms with Gasteiger partial charge in [0, 0.05) is 20.0 Å². The smallest absolute Gasteiger partial charge is 0.418 e. The van der Waals surface area contributed by atoms with E-state index in [1.807, 2.05) is 5.32 Å². The highest BCUT2D eigenvalue weighted by Gasteiger charge is 2.39. The van der Waals surface area contributed by atoms with Crippen LogP contribution in [0.1, 0.15) is 19.4 Å². The number of para-hydroxylation sites is 1. The van der Waals surface area contributed by atoms with E-state index in [2.05, 4.69) is 0 Å². The fraction of sp³-hybridized carbons (Fsp3) is 0.286. The van der Waals surface area contributed by atoms with Gasteiger partial charge in [0.15, 0.2) is 5.57 Å². The Morgan fingerprint density at radius 2 is 1.70 bits per heavy atom. The number of hydrogen-bond acceptors (Lipinski definition) is 5. The minimum absolute atomic E-state index is 0.619.